The largest absolute Gasteiger partial charge is 0.392 e. The number of fused-ring (bicyclic) bond motifs is 5. The van der Waals surface area contributed by atoms with Gasteiger partial charge in [0.05, 0.1) is 6.10 Å². The highest BCUT2D eigenvalue weighted by Gasteiger charge is 2.42. The molecule has 1 aromatic carbocycles. The zero-order chi connectivity index (χ0) is 8.13. The predicted octanol–water partition coefficient (Wildman–Crippen LogP) is 2.02. The van der Waals surface area contributed by atoms with E-state index in [0.29, 0.717) is 11.8 Å². The Morgan fingerprint density at radius 2 is 1.83 bits per heavy atom. The Morgan fingerprint density at radius 3 is 2.67 bits per heavy atom. The fourth-order valence-electron chi connectivity index (χ4n) is 2.82. The third-order valence-electron chi connectivity index (χ3n) is 3.36. The molecule has 1 heteroatoms. The van der Waals surface area contributed by atoms with Gasteiger partial charge in [-0.1, -0.05) is 24.3 Å². The second-order valence-corrected chi connectivity index (χ2v) is 3.97. The van der Waals surface area contributed by atoms with E-state index in [1.54, 1.807) is 0 Å². The first kappa shape index (κ1) is 6.67. The number of rotatable bonds is 0. The van der Waals surface area contributed by atoms with Crippen molar-refractivity contribution in [2.24, 2.45) is 0 Å². The Labute approximate surface area is 72.0 Å². The van der Waals surface area contributed by atoms with Crippen LogP contribution in [0, 0.1) is 0 Å². The number of aliphatic hydroxyl groups excluding tert-OH is 1. The number of benzene rings is 1. The summed E-state index contributed by atoms with van der Waals surface area (Å²) in [5, 5.41) is 9.67. The number of aliphatic hydroxyl groups is 1. The highest BCUT2D eigenvalue weighted by atomic mass is 16.3. The van der Waals surface area contributed by atoms with Gasteiger partial charge in [-0.25, -0.2) is 0 Å². The predicted molar refractivity (Wildman–Crippen MR) is 47.2 cm³/mol. The van der Waals surface area contributed by atoms with Crippen molar-refractivity contribution in [2.45, 2.75) is 30.8 Å². The standard InChI is InChI=1S/C11H12O/c12-11-6-7-5-10(11)9-4-2-1-3-8(7)9/h1-4,7,10-12H,5-6H2/t7-,10+,11+/m1/s1. The van der Waals surface area contributed by atoms with Crippen molar-refractivity contribution in [1.82, 2.24) is 0 Å². The minimum absolute atomic E-state index is 0.0649. The molecule has 2 aliphatic carbocycles. The Bertz CT molecular complexity index is 319. The summed E-state index contributed by atoms with van der Waals surface area (Å²) in [6.07, 6.45) is 2.10. The van der Waals surface area contributed by atoms with Crippen LogP contribution in [0.3, 0.4) is 0 Å². The molecule has 0 unspecified atom stereocenters. The lowest BCUT2D eigenvalue weighted by Crippen LogP contribution is -2.14. The number of hydrogen-bond donors (Lipinski definition) is 1. The van der Waals surface area contributed by atoms with E-state index in [-0.39, 0.29) is 6.10 Å². The first-order valence-corrected chi connectivity index (χ1v) is 4.63. The van der Waals surface area contributed by atoms with Crippen LogP contribution in [0.15, 0.2) is 24.3 Å². The Kier molecular flexibility index (Phi) is 1.17. The smallest absolute Gasteiger partial charge is 0.0614 e. The summed E-state index contributed by atoms with van der Waals surface area (Å²) < 4.78 is 0. The summed E-state index contributed by atoms with van der Waals surface area (Å²) >= 11 is 0. The Balaban J connectivity index is 2.17. The maximum Gasteiger partial charge on any atom is 0.0614 e. The molecule has 0 spiro atoms. The van der Waals surface area contributed by atoms with Crippen LogP contribution >= 0.6 is 0 Å². The van der Waals surface area contributed by atoms with Gasteiger partial charge in [-0.3, -0.25) is 0 Å². The van der Waals surface area contributed by atoms with E-state index >= 15 is 0 Å². The summed E-state index contributed by atoms with van der Waals surface area (Å²) in [7, 11) is 0. The minimum atomic E-state index is -0.0649. The lowest BCUT2D eigenvalue weighted by Gasteiger charge is -2.19. The molecule has 12 heavy (non-hydrogen) atoms. The van der Waals surface area contributed by atoms with Crippen LogP contribution < -0.4 is 0 Å². The Hall–Kier alpha value is -0.820. The molecular weight excluding hydrogens is 148 g/mol. The maximum atomic E-state index is 9.67. The van der Waals surface area contributed by atoms with Gasteiger partial charge in [0, 0.05) is 5.92 Å². The maximum absolute atomic E-state index is 9.67. The van der Waals surface area contributed by atoms with E-state index in [0.717, 1.165) is 6.42 Å². The van der Waals surface area contributed by atoms with E-state index in [9.17, 15) is 5.11 Å². The van der Waals surface area contributed by atoms with E-state index in [2.05, 4.69) is 24.3 Å². The topological polar surface area (TPSA) is 20.2 Å². The SMILES string of the molecule is O[C@H]1C[C@H]2C[C@H]1c1ccccc12. The fourth-order valence-corrected chi connectivity index (χ4v) is 2.82. The molecule has 0 heterocycles. The van der Waals surface area contributed by atoms with Gasteiger partial charge < -0.3 is 5.11 Å². The van der Waals surface area contributed by atoms with E-state index in [1.807, 2.05) is 0 Å². The van der Waals surface area contributed by atoms with Gasteiger partial charge in [0.1, 0.15) is 0 Å². The highest BCUT2D eigenvalue weighted by molar-refractivity contribution is 5.42. The number of hydrogen-bond acceptors (Lipinski definition) is 1. The van der Waals surface area contributed by atoms with Gasteiger partial charge in [-0.2, -0.15) is 0 Å². The molecule has 1 fully saturated rings. The van der Waals surface area contributed by atoms with Crippen LogP contribution in [0.1, 0.15) is 35.8 Å². The van der Waals surface area contributed by atoms with E-state index < -0.39 is 0 Å². The molecular formula is C11H12O. The average molecular weight is 160 g/mol. The monoisotopic (exact) mass is 160 g/mol. The zero-order valence-corrected chi connectivity index (χ0v) is 6.90. The first-order valence-electron chi connectivity index (χ1n) is 4.63. The molecule has 3 atom stereocenters. The molecule has 2 aliphatic rings. The van der Waals surface area contributed by atoms with Crippen molar-refractivity contribution in [3.8, 4) is 0 Å². The second kappa shape index (κ2) is 2.11. The lowest BCUT2D eigenvalue weighted by atomic mass is 9.90. The van der Waals surface area contributed by atoms with Gasteiger partial charge in [0.2, 0.25) is 0 Å². The Morgan fingerprint density at radius 1 is 1.08 bits per heavy atom. The molecule has 1 N–H and O–H groups in total. The van der Waals surface area contributed by atoms with Crippen LogP contribution in [0.2, 0.25) is 0 Å². The average Bonchev–Trinajstić information content (AvgIpc) is 2.62. The lowest BCUT2D eigenvalue weighted by molar-refractivity contribution is 0.158. The van der Waals surface area contributed by atoms with E-state index in [1.165, 1.54) is 17.5 Å². The molecule has 62 valence electrons. The second-order valence-electron chi connectivity index (χ2n) is 3.97. The summed E-state index contributed by atoms with van der Waals surface area (Å²) in [5.41, 5.74) is 2.90. The summed E-state index contributed by atoms with van der Waals surface area (Å²) in [6, 6.07) is 8.56. The van der Waals surface area contributed by atoms with Crippen molar-refractivity contribution in [2.75, 3.05) is 0 Å². The zero-order valence-electron chi connectivity index (χ0n) is 6.90. The summed E-state index contributed by atoms with van der Waals surface area (Å²) in [6.45, 7) is 0. The molecule has 0 amide bonds. The first-order chi connectivity index (χ1) is 5.86. The van der Waals surface area contributed by atoms with Crippen LogP contribution in [0.25, 0.3) is 0 Å². The minimum Gasteiger partial charge on any atom is -0.392 e. The van der Waals surface area contributed by atoms with E-state index in [4.69, 9.17) is 0 Å². The normalized spacial score (nSPS) is 36.9. The van der Waals surface area contributed by atoms with Crippen molar-refractivity contribution in [1.29, 1.82) is 0 Å². The van der Waals surface area contributed by atoms with Gasteiger partial charge in [-0.05, 0) is 29.9 Å². The van der Waals surface area contributed by atoms with Gasteiger partial charge >= 0.3 is 0 Å². The fraction of sp³-hybridized carbons (Fsp3) is 0.455. The summed E-state index contributed by atoms with van der Waals surface area (Å²) in [4.78, 5) is 0. The van der Waals surface area contributed by atoms with Gasteiger partial charge in [-0.15, -0.1) is 0 Å². The van der Waals surface area contributed by atoms with Crippen LogP contribution in [0.4, 0.5) is 0 Å². The van der Waals surface area contributed by atoms with Crippen molar-refractivity contribution in [3.05, 3.63) is 35.4 Å². The van der Waals surface area contributed by atoms with Gasteiger partial charge in [0.15, 0.2) is 0 Å². The molecule has 0 aromatic heterocycles. The molecule has 1 nitrogen and oxygen atoms in total. The highest BCUT2D eigenvalue weighted by Crippen LogP contribution is 2.52. The molecule has 3 rings (SSSR count). The van der Waals surface area contributed by atoms with Crippen molar-refractivity contribution < 1.29 is 5.11 Å². The van der Waals surface area contributed by atoms with Crippen molar-refractivity contribution >= 4 is 0 Å². The third-order valence-corrected chi connectivity index (χ3v) is 3.36. The van der Waals surface area contributed by atoms with Crippen LogP contribution in [-0.2, 0) is 0 Å². The van der Waals surface area contributed by atoms with Crippen LogP contribution in [0.5, 0.6) is 0 Å². The van der Waals surface area contributed by atoms with Gasteiger partial charge in [0.25, 0.3) is 0 Å². The molecule has 2 bridgehead atoms. The summed E-state index contributed by atoms with van der Waals surface area (Å²) in [5.74, 6) is 1.10. The third kappa shape index (κ3) is 0.674. The van der Waals surface area contributed by atoms with Crippen molar-refractivity contribution in [3.63, 3.8) is 0 Å². The molecule has 1 aromatic rings. The molecule has 0 saturated heterocycles. The molecule has 0 radical (unpaired) electrons. The molecule has 1 saturated carbocycles. The van der Waals surface area contributed by atoms with Crippen LogP contribution in [-0.4, -0.2) is 11.2 Å². The molecule has 0 aliphatic heterocycles. The quantitative estimate of drug-likeness (QED) is 0.615.